The second-order valence-corrected chi connectivity index (χ2v) is 6.99. The highest BCUT2D eigenvalue weighted by molar-refractivity contribution is 6.33. The van der Waals surface area contributed by atoms with Crippen LogP contribution in [0.2, 0.25) is 0 Å². The summed E-state index contributed by atoms with van der Waals surface area (Å²) >= 11 is 0. The van der Waals surface area contributed by atoms with Crippen molar-refractivity contribution < 1.29 is 4.42 Å². The topological polar surface area (TPSA) is 31.0 Å². The fraction of sp³-hybridized carbons (Fsp3) is 0. The van der Waals surface area contributed by atoms with Gasteiger partial charge in [0.05, 0.1) is 11.0 Å². The highest BCUT2D eigenvalue weighted by Crippen LogP contribution is 2.33. The van der Waals surface area contributed by atoms with Gasteiger partial charge in [-0.05, 0) is 30.3 Å². The Balaban J connectivity index is 1.72. The summed E-state index contributed by atoms with van der Waals surface area (Å²) in [4.78, 5) is 4.87. The molecule has 0 aliphatic rings. The first-order valence-electron chi connectivity index (χ1n) is 9.08. The third-order valence-electron chi connectivity index (χ3n) is 5.29. The van der Waals surface area contributed by atoms with Crippen molar-refractivity contribution in [2.24, 2.45) is 0 Å². The van der Waals surface area contributed by atoms with Crippen LogP contribution in [0.3, 0.4) is 0 Å². The quantitative estimate of drug-likeness (QED) is 0.415. The van der Waals surface area contributed by atoms with Gasteiger partial charge in [0.1, 0.15) is 19.2 Å². The summed E-state index contributed by atoms with van der Waals surface area (Å²) in [6.45, 7) is 0. The lowest BCUT2D eigenvalue weighted by atomic mass is 9.94. The Morgan fingerprint density at radius 2 is 1.48 bits per heavy atom. The van der Waals surface area contributed by atoms with Gasteiger partial charge in [0.25, 0.3) is 0 Å². The summed E-state index contributed by atoms with van der Waals surface area (Å²) in [6.07, 6.45) is 0. The van der Waals surface area contributed by atoms with Crippen LogP contribution in [0.1, 0.15) is 0 Å². The lowest BCUT2D eigenvalue weighted by Gasteiger charge is -2.06. The molecule has 0 N–H and O–H groups in total. The molecular weight excluding hydrogens is 331 g/mol. The maximum Gasteiger partial charge on any atom is 0.229 e. The van der Waals surface area contributed by atoms with Gasteiger partial charge in [-0.25, -0.2) is 0 Å². The minimum absolute atomic E-state index is 0.673. The maximum absolute atomic E-state index is 6.01. The molecule has 3 nitrogen and oxygen atoms in total. The van der Waals surface area contributed by atoms with Gasteiger partial charge in [-0.3, -0.25) is 4.57 Å². The number of aromatic nitrogens is 2. The molecule has 0 aliphatic heterocycles. The fourth-order valence-corrected chi connectivity index (χ4v) is 4.05. The molecule has 126 valence electrons. The summed E-state index contributed by atoms with van der Waals surface area (Å²) in [6, 6.07) is 27.3. The first kappa shape index (κ1) is 14.6. The van der Waals surface area contributed by atoms with E-state index in [1.807, 2.05) is 18.2 Å². The largest absolute Gasteiger partial charge is 0.438 e. The average molecular weight is 346 g/mol. The van der Waals surface area contributed by atoms with Crippen LogP contribution < -0.4 is 5.46 Å². The molecule has 6 rings (SSSR count). The lowest BCUT2D eigenvalue weighted by molar-refractivity contribution is 0.653. The summed E-state index contributed by atoms with van der Waals surface area (Å²) in [7, 11) is 2.13. The van der Waals surface area contributed by atoms with Crippen molar-refractivity contribution in [1.82, 2.24) is 9.55 Å². The molecule has 3 heterocycles. The summed E-state index contributed by atoms with van der Waals surface area (Å²) in [5, 5.41) is 4.63. The minimum Gasteiger partial charge on any atom is -0.438 e. The molecule has 0 bridgehead atoms. The Kier molecular flexibility index (Phi) is 2.84. The van der Waals surface area contributed by atoms with Crippen LogP contribution in [0, 0.1) is 0 Å². The van der Waals surface area contributed by atoms with E-state index >= 15 is 0 Å². The third-order valence-corrected chi connectivity index (χ3v) is 5.29. The van der Waals surface area contributed by atoms with Crippen molar-refractivity contribution in [3.63, 3.8) is 0 Å². The summed E-state index contributed by atoms with van der Waals surface area (Å²) in [5.41, 5.74) is 5.11. The van der Waals surface area contributed by atoms with Crippen LogP contribution in [0.5, 0.6) is 0 Å². The smallest absolute Gasteiger partial charge is 0.229 e. The van der Waals surface area contributed by atoms with Crippen molar-refractivity contribution in [2.45, 2.75) is 0 Å². The Morgan fingerprint density at radius 3 is 2.41 bits per heavy atom. The minimum atomic E-state index is 0.673. The van der Waals surface area contributed by atoms with E-state index in [9.17, 15) is 0 Å². The van der Waals surface area contributed by atoms with E-state index in [-0.39, 0.29) is 0 Å². The molecule has 27 heavy (non-hydrogen) atoms. The average Bonchev–Trinajstić information content (AvgIpc) is 3.22. The predicted octanol–water partition coefficient (Wildman–Crippen LogP) is 4.34. The molecule has 6 aromatic rings. The normalized spacial score (nSPS) is 11.9. The van der Waals surface area contributed by atoms with Gasteiger partial charge >= 0.3 is 0 Å². The number of para-hydroxylation sites is 2. The molecule has 0 fully saturated rings. The molecule has 0 amide bonds. The predicted molar refractivity (Wildman–Crippen MR) is 114 cm³/mol. The molecule has 0 unspecified atom stereocenters. The van der Waals surface area contributed by atoms with Crippen molar-refractivity contribution in [1.29, 1.82) is 0 Å². The second-order valence-electron chi connectivity index (χ2n) is 6.99. The third kappa shape index (κ3) is 2.01. The zero-order valence-electron chi connectivity index (χ0n) is 14.8. The van der Waals surface area contributed by atoms with Crippen molar-refractivity contribution >= 4 is 57.2 Å². The van der Waals surface area contributed by atoms with Gasteiger partial charge in [-0.2, -0.15) is 4.98 Å². The number of rotatable bonds is 1. The van der Waals surface area contributed by atoms with E-state index in [1.165, 1.54) is 16.2 Å². The van der Waals surface area contributed by atoms with E-state index < -0.39 is 0 Å². The Bertz CT molecular complexity index is 1490. The van der Waals surface area contributed by atoms with Crippen molar-refractivity contribution in [3.05, 3.63) is 78.9 Å². The first-order valence-corrected chi connectivity index (χ1v) is 9.08. The number of fused-ring (bicyclic) bond motifs is 6. The van der Waals surface area contributed by atoms with Crippen LogP contribution >= 0.6 is 0 Å². The zero-order valence-corrected chi connectivity index (χ0v) is 14.8. The first-order chi connectivity index (χ1) is 13.3. The van der Waals surface area contributed by atoms with Gasteiger partial charge in [-0.15, -0.1) is 0 Å². The van der Waals surface area contributed by atoms with Crippen LogP contribution in [0.25, 0.3) is 49.7 Å². The Morgan fingerprint density at radius 1 is 0.704 bits per heavy atom. The van der Waals surface area contributed by atoms with Crippen LogP contribution in [0.15, 0.2) is 83.3 Å². The van der Waals surface area contributed by atoms with Crippen molar-refractivity contribution in [3.8, 4) is 5.82 Å². The number of hydrogen-bond donors (Lipinski definition) is 0. The molecule has 0 saturated carbocycles. The molecular formula is C23H15BN2O. The zero-order chi connectivity index (χ0) is 18.0. The monoisotopic (exact) mass is 346 g/mol. The molecule has 4 heteroatoms. The second kappa shape index (κ2) is 5.24. The number of benzene rings is 3. The fourth-order valence-electron chi connectivity index (χ4n) is 4.05. The molecule has 0 saturated heterocycles. The van der Waals surface area contributed by atoms with Gasteiger partial charge in [0.2, 0.25) is 5.71 Å². The maximum atomic E-state index is 6.01. The van der Waals surface area contributed by atoms with Gasteiger partial charge in [-0.1, -0.05) is 54.0 Å². The highest BCUT2D eigenvalue weighted by Gasteiger charge is 2.15. The lowest BCUT2D eigenvalue weighted by Crippen LogP contribution is -2.01. The van der Waals surface area contributed by atoms with E-state index in [2.05, 4.69) is 73.1 Å². The summed E-state index contributed by atoms with van der Waals surface area (Å²) in [5.74, 6) is 0.872. The van der Waals surface area contributed by atoms with Crippen molar-refractivity contribution in [2.75, 3.05) is 0 Å². The molecule has 0 aliphatic carbocycles. The van der Waals surface area contributed by atoms with E-state index in [4.69, 9.17) is 9.40 Å². The van der Waals surface area contributed by atoms with E-state index in [1.54, 1.807) is 0 Å². The molecule has 0 atom stereocenters. The molecule has 3 aromatic carbocycles. The van der Waals surface area contributed by atoms with Gasteiger partial charge in [0.15, 0.2) is 0 Å². The SMILES string of the molecule is Bc1ccc2c(c1)c1ccccc1n2-c1ccc2c(n1)oc1ccccc12. The van der Waals surface area contributed by atoms with E-state index in [0.29, 0.717) is 5.71 Å². The van der Waals surface area contributed by atoms with Crippen LogP contribution in [-0.4, -0.2) is 17.4 Å². The van der Waals surface area contributed by atoms with Gasteiger partial charge in [0, 0.05) is 21.5 Å². The standard InChI is InChI=1S/C23H15BN2O/c24-14-9-11-20-18(13-14)15-5-1-3-7-19(15)26(20)22-12-10-17-16-6-2-4-8-21(16)27-23(17)25-22/h1-13H,24H2. The van der Waals surface area contributed by atoms with Crippen LogP contribution in [0.4, 0.5) is 0 Å². The van der Waals surface area contributed by atoms with Gasteiger partial charge < -0.3 is 4.42 Å². The number of hydrogen-bond acceptors (Lipinski definition) is 2. The Labute approximate surface area is 156 Å². The number of nitrogens with zero attached hydrogens (tertiary/aromatic N) is 2. The highest BCUT2D eigenvalue weighted by atomic mass is 16.3. The Hall–Kier alpha value is -3.53. The number of furan rings is 1. The molecule has 0 radical (unpaired) electrons. The molecule has 3 aromatic heterocycles. The van der Waals surface area contributed by atoms with Crippen LogP contribution in [-0.2, 0) is 0 Å². The molecule has 0 spiro atoms. The van der Waals surface area contributed by atoms with E-state index in [0.717, 1.165) is 33.2 Å². The number of pyridine rings is 1. The summed E-state index contributed by atoms with van der Waals surface area (Å²) < 4.78 is 8.23.